The van der Waals surface area contributed by atoms with Gasteiger partial charge in [0.2, 0.25) is 0 Å². The van der Waals surface area contributed by atoms with Crippen molar-refractivity contribution in [1.29, 1.82) is 0 Å². The minimum atomic E-state index is -0.794. The Labute approximate surface area is 182 Å². The maximum atomic E-state index is 13.5. The molecule has 7 nitrogen and oxygen atoms in total. The number of carbonyl (C=O) groups is 1. The van der Waals surface area contributed by atoms with Gasteiger partial charge >= 0.3 is 5.69 Å². The summed E-state index contributed by atoms with van der Waals surface area (Å²) < 4.78 is 14.7. The largest absolute Gasteiger partial charge is 0.383 e. The second-order valence-electron chi connectivity index (χ2n) is 7.00. The molecule has 0 aliphatic carbocycles. The third-order valence-corrected chi connectivity index (χ3v) is 5.12. The molecule has 1 aromatic heterocycles. The summed E-state index contributed by atoms with van der Waals surface area (Å²) in [6.45, 7) is 2.23. The van der Waals surface area contributed by atoms with Crippen LogP contribution in [-0.2, 0) is 13.1 Å². The Kier molecular flexibility index (Phi) is 6.91. The molecule has 0 atom stereocenters. The monoisotopic (exact) mass is 444 g/mol. The van der Waals surface area contributed by atoms with Crippen molar-refractivity contribution >= 4 is 29.0 Å². The molecule has 1 amide bonds. The van der Waals surface area contributed by atoms with E-state index in [1.165, 1.54) is 10.6 Å². The van der Waals surface area contributed by atoms with Crippen molar-refractivity contribution in [2.75, 3.05) is 10.6 Å². The zero-order valence-electron chi connectivity index (χ0n) is 16.9. The van der Waals surface area contributed by atoms with Crippen LogP contribution in [0.5, 0.6) is 0 Å². The second kappa shape index (κ2) is 9.61. The minimum Gasteiger partial charge on any atom is -0.383 e. The third-order valence-electron chi connectivity index (χ3n) is 4.81. The molecule has 0 fully saturated rings. The summed E-state index contributed by atoms with van der Waals surface area (Å²) in [5.74, 6) is -1.36. The average molecular weight is 445 g/mol. The lowest BCUT2D eigenvalue weighted by atomic mass is 10.1. The van der Waals surface area contributed by atoms with Crippen LogP contribution in [0.3, 0.4) is 0 Å². The fourth-order valence-electron chi connectivity index (χ4n) is 3.20. The van der Waals surface area contributed by atoms with E-state index in [2.05, 4.69) is 4.98 Å². The van der Waals surface area contributed by atoms with Gasteiger partial charge in [-0.25, -0.2) is 9.18 Å². The van der Waals surface area contributed by atoms with E-state index in [9.17, 15) is 18.8 Å². The molecule has 0 bridgehead atoms. The molecule has 3 N–H and O–H groups in total. The van der Waals surface area contributed by atoms with Crippen LogP contribution in [-0.4, -0.2) is 15.5 Å². The summed E-state index contributed by atoms with van der Waals surface area (Å²) in [6, 6.07) is 12.3. The molecule has 0 radical (unpaired) electrons. The molecule has 9 heteroatoms. The summed E-state index contributed by atoms with van der Waals surface area (Å²) in [6.07, 6.45) is 1.46. The molecular formula is C22H22ClFN4O3. The van der Waals surface area contributed by atoms with E-state index >= 15 is 0 Å². The minimum absolute atomic E-state index is 0.00380. The molecule has 0 spiro atoms. The predicted molar refractivity (Wildman–Crippen MR) is 119 cm³/mol. The van der Waals surface area contributed by atoms with Gasteiger partial charge in [-0.1, -0.05) is 55.3 Å². The van der Waals surface area contributed by atoms with E-state index in [-0.39, 0.29) is 35.2 Å². The number of anilines is 2. The van der Waals surface area contributed by atoms with Gasteiger partial charge in [-0.2, -0.15) is 0 Å². The fraction of sp³-hybridized carbons (Fsp3) is 0.227. The summed E-state index contributed by atoms with van der Waals surface area (Å²) >= 11 is 6.10. The third kappa shape index (κ3) is 4.86. The first kappa shape index (κ1) is 22.3. The van der Waals surface area contributed by atoms with Crippen molar-refractivity contribution in [3.05, 3.63) is 91.3 Å². The number of aromatic nitrogens is 2. The highest BCUT2D eigenvalue weighted by atomic mass is 35.5. The van der Waals surface area contributed by atoms with Crippen LogP contribution in [0.1, 0.15) is 35.7 Å². The van der Waals surface area contributed by atoms with E-state index < -0.39 is 23.0 Å². The molecule has 162 valence electrons. The van der Waals surface area contributed by atoms with Crippen LogP contribution in [0.2, 0.25) is 5.02 Å². The maximum Gasteiger partial charge on any atom is 0.330 e. The van der Waals surface area contributed by atoms with E-state index in [0.717, 1.165) is 29.0 Å². The van der Waals surface area contributed by atoms with Crippen molar-refractivity contribution in [3.8, 4) is 0 Å². The average Bonchev–Trinajstić information content (AvgIpc) is 2.73. The van der Waals surface area contributed by atoms with Crippen LogP contribution < -0.4 is 21.9 Å². The molecule has 0 unspecified atom stereocenters. The lowest BCUT2D eigenvalue weighted by Crippen LogP contribution is -2.41. The van der Waals surface area contributed by atoms with Gasteiger partial charge in [0.25, 0.3) is 11.5 Å². The highest BCUT2D eigenvalue weighted by molar-refractivity contribution is 6.34. The van der Waals surface area contributed by atoms with Gasteiger partial charge in [-0.05, 0) is 30.2 Å². The number of hydrogen-bond acceptors (Lipinski definition) is 4. The highest BCUT2D eigenvalue weighted by Gasteiger charge is 2.27. The second-order valence-corrected chi connectivity index (χ2v) is 7.41. The molecule has 0 aliphatic rings. The Morgan fingerprint density at radius 1 is 1.19 bits per heavy atom. The van der Waals surface area contributed by atoms with Gasteiger partial charge in [-0.15, -0.1) is 0 Å². The van der Waals surface area contributed by atoms with Crippen LogP contribution in [0.4, 0.5) is 15.9 Å². The first-order chi connectivity index (χ1) is 14.8. The number of aromatic amines is 1. The van der Waals surface area contributed by atoms with Gasteiger partial charge in [-0.3, -0.25) is 24.0 Å². The number of benzene rings is 2. The first-order valence-corrected chi connectivity index (χ1v) is 10.1. The Balaban J connectivity index is 2.18. The number of nitrogens with one attached hydrogen (secondary N) is 1. The zero-order chi connectivity index (χ0) is 22.5. The number of nitrogen functional groups attached to an aromatic ring is 1. The molecule has 0 aliphatic heterocycles. The van der Waals surface area contributed by atoms with E-state index in [4.69, 9.17) is 17.3 Å². The number of nitrogens with two attached hydrogens (primary N) is 1. The predicted octanol–water partition coefficient (Wildman–Crippen LogP) is 3.56. The lowest BCUT2D eigenvalue weighted by Gasteiger charge is -2.25. The molecule has 3 rings (SSSR count). The highest BCUT2D eigenvalue weighted by Crippen LogP contribution is 2.25. The molecule has 0 saturated carbocycles. The topological polar surface area (TPSA) is 101 Å². The Morgan fingerprint density at radius 3 is 2.55 bits per heavy atom. The molecule has 31 heavy (non-hydrogen) atoms. The van der Waals surface area contributed by atoms with Crippen LogP contribution in [0.15, 0.2) is 58.1 Å². The lowest BCUT2D eigenvalue weighted by molar-refractivity contribution is 0.0985. The molecule has 1 heterocycles. The van der Waals surface area contributed by atoms with Crippen molar-refractivity contribution < 1.29 is 9.18 Å². The quantitative estimate of drug-likeness (QED) is 0.581. The Morgan fingerprint density at radius 2 is 1.90 bits per heavy atom. The zero-order valence-corrected chi connectivity index (χ0v) is 17.7. The van der Waals surface area contributed by atoms with Gasteiger partial charge in [0.05, 0.1) is 17.1 Å². The van der Waals surface area contributed by atoms with Gasteiger partial charge in [0, 0.05) is 6.54 Å². The van der Waals surface area contributed by atoms with Crippen molar-refractivity contribution in [1.82, 2.24) is 9.55 Å². The number of rotatable bonds is 7. The van der Waals surface area contributed by atoms with E-state index in [1.54, 1.807) is 24.3 Å². The van der Waals surface area contributed by atoms with Crippen molar-refractivity contribution in [2.24, 2.45) is 0 Å². The van der Waals surface area contributed by atoms with Gasteiger partial charge in [0.15, 0.2) is 5.69 Å². The summed E-state index contributed by atoms with van der Waals surface area (Å²) in [5.41, 5.74) is 5.34. The summed E-state index contributed by atoms with van der Waals surface area (Å²) in [5, 5.41) is -0.0997. The molecule has 0 saturated heterocycles. The maximum absolute atomic E-state index is 13.5. The molecular weight excluding hydrogens is 423 g/mol. The Hall–Kier alpha value is -3.39. The summed E-state index contributed by atoms with van der Waals surface area (Å²) in [7, 11) is 0. The summed E-state index contributed by atoms with van der Waals surface area (Å²) in [4.78, 5) is 41.9. The molecule has 2 aromatic carbocycles. The van der Waals surface area contributed by atoms with Crippen molar-refractivity contribution in [2.45, 2.75) is 32.9 Å². The number of halogens is 2. The van der Waals surface area contributed by atoms with E-state index in [0.29, 0.717) is 6.42 Å². The van der Waals surface area contributed by atoms with Crippen molar-refractivity contribution in [3.63, 3.8) is 0 Å². The van der Waals surface area contributed by atoms with Crippen LogP contribution in [0, 0.1) is 5.82 Å². The van der Waals surface area contributed by atoms with Gasteiger partial charge in [0.1, 0.15) is 11.6 Å². The SMILES string of the molecule is CCCCn1c(N)c(N(Cc2ccccc2)C(=O)c2ccc(F)cc2Cl)c(=O)[nH]c1=O. The number of unbranched alkanes of at least 4 members (excludes halogenated alkanes) is 1. The smallest absolute Gasteiger partial charge is 0.330 e. The normalized spacial score (nSPS) is 10.8. The van der Waals surface area contributed by atoms with E-state index in [1.807, 2.05) is 13.0 Å². The number of hydrogen-bond donors (Lipinski definition) is 2. The number of nitrogens with zero attached hydrogens (tertiary/aromatic N) is 2. The fourth-order valence-corrected chi connectivity index (χ4v) is 3.45. The number of carbonyl (C=O) groups excluding carboxylic acids is 1. The molecule has 3 aromatic rings. The van der Waals surface area contributed by atoms with Gasteiger partial charge < -0.3 is 5.73 Å². The van der Waals surface area contributed by atoms with Crippen LogP contribution in [0.25, 0.3) is 0 Å². The number of amides is 1. The Bertz CT molecular complexity index is 1210. The standard InChI is InChI=1S/C22H22ClFN4O3/c1-2-3-11-27-19(25)18(20(29)26-22(27)31)28(13-14-7-5-4-6-8-14)21(30)16-10-9-15(24)12-17(16)23/h4-10,12H,2-3,11,13,25H2,1H3,(H,26,29,31). The van der Waals surface area contributed by atoms with Crippen LogP contribution >= 0.6 is 11.6 Å². The number of H-pyrrole nitrogens is 1. The first-order valence-electron chi connectivity index (χ1n) is 9.77.